The number of amides is 1. The second-order valence-electron chi connectivity index (χ2n) is 5.31. The van der Waals surface area contributed by atoms with E-state index in [0.29, 0.717) is 17.9 Å². The molecule has 0 radical (unpaired) electrons. The van der Waals surface area contributed by atoms with Crippen molar-refractivity contribution in [3.8, 4) is 5.75 Å². The molecule has 0 unspecified atom stereocenters. The second kappa shape index (κ2) is 8.10. The highest BCUT2D eigenvalue weighted by molar-refractivity contribution is 5.81. The Morgan fingerprint density at radius 2 is 2.00 bits per heavy atom. The van der Waals surface area contributed by atoms with Crippen molar-refractivity contribution < 1.29 is 14.3 Å². The molecule has 0 aliphatic rings. The van der Waals surface area contributed by atoms with Crippen LogP contribution in [0.5, 0.6) is 5.75 Å². The van der Waals surface area contributed by atoms with E-state index in [1.54, 1.807) is 24.3 Å². The number of benzene rings is 2. The molecule has 2 aromatic rings. The number of ether oxygens (including phenoxy) is 1. The van der Waals surface area contributed by atoms with Crippen LogP contribution in [0.2, 0.25) is 0 Å². The molecular formula is C18H20N2O3. The zero-order valence-electron chi connectivity index (χ0n) is 13.0. The molecule has 5 nitrogen and oxygen atoms in total. The Kier molecular flexibility index (Phi) is 5.88. The van der Waals surface area contributed by atoms with Gasteiger partial charge in [-0.15, -0.1) is 0 Å². The number of aryl methyl sites for hydroxylation is 1. The largest absolute Gasteiger partial charge is 0.491 e. The Morgan fingerprint density at radius 3 is 2.70 bits per heavy atom. The minimum atomic E-state index is -0.777. The summed E-state index contributed by atoms with van der Waals surface area (Å²) in [5.41, 5.74) is 8.51. The van der Waals surface area contributed by atoms with Gasteiger partial charge >= 0.3 is 0 Å². The van der Waals surface area contributed by atoms with Gasteiger partial charge in [-0.2, -0.15) is 0 Å². The Bertz CT molecular complexity index is 668. The van der Waals surface area contributed by atoms with Gasteiger partial charge in [0.1, 0.15) is 24.7 Å². The standard InChI is InChI=1S/C18H20N2O3/c1-13-5-7-14(8-6-13)10-20-18(22)17(19)12-23-16-4-2-3-15(9-16)11-21/h2-9,11,17H,10,12,19H2,1H3,(H,20,22)/t17-/m0/s1. The van der Waals surface area contributed by atoms with E-state index >= 15 is 0 Å². The van der Waals surface area contributed by atoms with E-state index in [1.807, 2.05) is 31.2 Å². The van der Waals surface area contributed by atoms with E-state index in [0.717, 1.165) is 11.8 Å². The van der Waals surface area contributed by atoms with Gasteiger partial charge in [-0.3, -0.25) is 9.59 Å². The Labute approximate surface area is 135 Å². The van der Waals surface area contributed by atoms with Gasteiger partial charge in [-0.1, -0.05) is 42.0 Å². The zero-order valence-corrected chi connectivity index (χ0v) is 13.0. The molecule has 0 saturated carbocycles. The van der Waals surface area contributed by atoms with Crippen LogP contribution in [0.4, 0.5) is 0 Å². The van der Waals surface area contributed by atoms with E-state index in [4.69, 9.17) is 10.5 Å². The number of hydrogen-bond acceptors (Lipinski definition) is 4. The lowest BCUT2D eigenvalue weighted by atomic mass is 10.1. The third-order valence-electron chi connectivity index (χ3n) is 3.35. The van der Waals surface area contributed by atoms with E-state index in [1.165, 1.54) is 5.56 Å². The van der Waals surface area contributed by atoms with Gasteiger partial charge in [0.05, 0.1) is 0 Å². The minimum absolute atomic E-state index is 0.0437. The van der Waals surface area contributed by atoms with Crippen LogP contribution in [0.25, 0.3) is 0 Å². The average molecular weight is 312 g/mol. The molecule has 23 heavy (non-hydrogen) atoms. The smallest absolute Gasteiger partial charge is 0.240 e. The third-order valence-corrected chi connectivity index (χ3v) is 3.35. The number of nitrogens with two attached hydrogens (primary N) is 1. The molecule has 0 saturated heterocycles. The molecule has 0 bridgehead atoms. The van der Waals surface area contributed by atoms with Gasteiger partial charge in [0.15, 0.2) is 0 Å². The number of rotatable bonds is 7. The summed E-state index contributed by atoms with van der Waals surface area (Å²) < 4.78 is 5.45. The van der Waals surface area contributed by atoms with Crippen LogP contribution in [0.15, 0.2) is 48.5 Å². The molecule has 2 aromatic carbocycles. The van der Waals surface area contributed by atoms with E-state index in [-0.39, 0.29) is 12.5 Å². The molecule has 0 aromatic heterocycles. The van der Waals surface area contributed by atoms with Crippen LogP contribution in [0.3, 0.4) is 0 Å². The van der Waals surface area contributed by atoms with Crippen molar-refractivity contribution in [3.05, 3.63) is 65.2 Å². The molecule has 0 heterocycles. The number of hydrogen-bond donors (Lipinski definition) is 2. The maximum absolute atomic E-state index is 12.0. The summed E-state index contributed by atoms with van der Waals surface area (Å²) in [5, 5.41) is 2.78. The monoisotopic (exact) mass is 312 g/mol. The minimum Gasteiger partial charge on any atom is -0.491 e. The normalized spacial score (nSPS) is 11.6. The van der Waals surface area contributed by atoms with Crippen LogP contribution >= 0.6 is 0 Å². The molecule has 5 heteroatoms. The molecule has 2 rings (SSSR count). The fourth-order valence-corrected chi connectivity index (χ4v) is 1.97. The molecule has 0 fully saturated rings. The third kappa shape index (κ3) is 5.23. The van der Waals surface area contributed by atoms with Crippen molar-refractivity contribution in [2.75, 3.05) is 6.61 Å². The number of carbonyl (C=O) groups is 2. The topological polar surface area (TPSA) is 81.4 Å². The lowest BCUT2D eigenvalue weighted by Gasteiger charge is -2.14. The quantitative estimate of drug-likeness (QED) is 0.764. The summed E-state index contributed by atoms with van der Waals surface area (Å²) in [7, 11) is 0. The summed E-state index contributed by atoms with van der Waals surface area (Å²) >= 11 is 0. The van der Waals surface area contributed by atoms with Gasteiger partial charge in [0.25, 0.3) is 0 Å². The van der Waals surface area contributed by atoms with E-state index < -0.39 is 6.04 Å². The number of carbonyl (C=O) groups excluding carboxylic acids is 2. The maximum Gasteiger partial charge on any atom is 0.240 e. The first-order valence-corrected chi connectivity index (χ1v) is 7.35. The maximum atomic E-state index is 12.0. The van der Waals surface area contributed by atoms with Crippen molar-refractivity contribution in [2.24, 2.45) is 5.73 Å². The van der Waals surface area contributed by atoms with E-state index in [9.17, 15) is 9.59 Å². The Morgan fingerprint density at radius 1 is 1.26 bits per heavy atom. The lowest BCUT2D eigenvalue weighted by molar-refractivity contribution is -0.123. The SMILES string of the molecule is Cc1ccc(CNC(=O)[C@@H](N)COc2cccc(C=O)c2)cc1. The lowest BCUT2D eigenvalue weighted by Crippen LogP contribution is -2.44. The molecule has 120 valence electrons. The van der Waals surface area contributed by atoms with Crippen LogP contribution in [0, 0.1) is 6.92 Å². The zero-order chi connectivity index (χ0) is 16.7. The first-order valence-electron chi connectivity index (χ1n) is 7.35. The highest BCUT2D eigenvalue weighted by Gasteiger charge is 2.14. The Balaban J connectivity index is 1.80. The fourth-order valence-electron chi connectivity index (χ4n) is 1.97. The van der Waals surface area contributed by atoms with Gasteiger partial charge in [-0.25, -0.2) is 0 Å². The van der Waals surface area contributed by atoms with Gasteiger partial charge < -0.3 is 15.8 Å². The summed E-state index contributed by atoms with van der Waals surface area (Å²) in [6.45, 7) is 2.48. The summed E-state index contributed by atoms with van der Waals surface area (Å²) in [6, 6.07) is 13.8. The van der Waals surface area contributed by atoms with Crippen LogP contribution in [-0.4, -0.2) is 24.8 Å². The van der Waals surface area contributed by atoms with Crippen molar-refractivity contribution in [2.45, 2.75) is 19.5 Å². The molecule has 0 spiro atoms. The predicted octanol–water partition coefficient (Wildman–Crippen LogP) is 1.83. The van der Waals surface area contributed by atoms with Gasteiger partial charge in [0, 0.05) is 12.1 Å². The number of aldehydes is 1. The fraction of sp³-hybridized carbons (Fsp3) is 0.222. The Hall–Kier alpha value is -2.66. The van der Waals surface area contributed by atoms with Crippen LogP contribution < -0.4 is 15.8 Å². The van der Waals surface area contributed by atoms with Crippen LogP contribution in [-0.2, 0) is 11.3 Å². The van der Waals surface area contributed by atoms with Gasteiger partial charge in [-0.05, 0) is 24.6 Å². The summed E-state index contributed by atoms with van der Waals surface area (Å²) in [4.78, 5) is 22.7. The predicted molar refractivity (Wildman–Crippen MR) is 88.3 cm³/mol. The average Bonchev–Trinajstić information content (AvgIpc) is 2.59. The van der Waals surface area contributed by atoms with Crippen molar-refractivity contribution in [1.82, 2.24) is 5.32 Å². The highest BCUT2D eigenvalue weighted by atomic mass is 16.5. The van der Waals surface area contributed by atoms with Crippen molar-refractivity contribution >= 4 is 12.2 Å². The summed E-state index contributed by atoms with van der Waals surface area (Å²) in [6.07, 6.45) is 0.737. The molecule has 0 aliphatic heterocycles. The molecule has 0 aliphatic carbocycles. The summed E-state index contributed by atoms with van der Waals surface area (Å²) in [5.74, 6) is 0.230. The molecular weight excluding hydrogens is 292 g/mol. The second-order valence-corrected chi connectivity index (χ2v) is 5.31. The molecule has 1 amide bonds. The first kappa shape index (κ1) is 16.7. The van der Waals surface area contributed by atoms with Crippen LogP contribution in [0.1, 0.15) is 21.5 Å². The highest BCUT2D eigenvalue weighted by Crippen LogP contribution is 2.12. The van der Waals surface area contributed by atoms with E-state index in [2.05, 4.69) is 5.32 Å². The molecule has 1 atom stereocenters. The number of nitrogens with one attached hydrogen (secondary N) is 1. The van der Waals surface area contributed by atoms with Crippen molar-refractivity contribution in [1.29, 1.82) is 0 Å². The van der Waals surface area contributed by atoms with Crippen molar-refractivity contribution in [3.63, 3.8) is 0 Å². The molecule has 3 N–H and O–H groups in total. The first-order chi connectivity index (χ1) is 11.1. The van der Waals surface area contributed by atoms with Gasteiger partial charge in [0.2, 0.25) is 5.91 Å².